The fourth-order valence-corrected chi connectivity index (χ4v) is 10.7. The van der Waals surface area contributed by atoms with Crippen LogP contribution in [-0.2, 0) is 27.9 Å². The summed E-state index contributed by atoms with van der Waals surface area (Å²) in [4.78, 5) is 40.2. The van der Waals surface area contributed by atoms with Crippen LogP contribution in [0.5, 0.6) is 0 Å². The molecule has 0 aliphatic carbocycles. The maximum Gasteiger partial charge on any atom is 0.306 e. The van der Waals surface area contributed by atoms with Crippen molar-refractivity contribution in [3.8, 4) is 0 Å². The van der Waals surface area contributed by atoms with E-state index in [1.807, 2.05) is 33.3 Å². The van der Waals surface area contributed by atoms with E-state index >= 15 is 0 Å². The predicted molar refractivity (Wildman–Crippen MR) is 367 cm³/mol. The summed E-state index contributed by atoms with van der Waals surface area (Å²) in [5, 5.41) is 3.03. The van der Waals surface area contributed by atoms with Gasteiger partial charge in [0, 0.05) is 12.8 Å². The third-order valence-corrected chi connectivity index (χ3v) is 16.5. The van der Waals surface area contributed by atoms with Gasteiger partial charge >= 0.3 is 5.97 Å². The first kappa shape index (κ1) is 81.9. The van der Waals surface area contributed by atoms with E-state index < -0.39 is 26.6 Å². The first-order valence-electron chi connectivity index (χ1n) is 35.5. The summed E-state index contributed by atoms with van der Waals surface area (Å²) >= 11 is 0. The predicted octanol–water partition coefficient (Wildman–Crippen LogP) is 22.0. The standard InChI is InChI=1S/C75H135N2O7P/c1-7-10-13-16-19-22-25-28-30-32-34-36-37-38-39-41-43-45-47-50-53-56-59-62-65-68-75(79)84-73(66-63-60-57-54-51-48-27-24-21-18-15-12-9-3)72(71-83-85(80,81)82-70-69-77(4,5)6)76-74(78)67-64-61-58-55-52-49-46-44-42-40-35-33-31-29-26-23-20-17-14-11-8-2/h19-20,22-23,28-31,34-36,40,44,46,63,66,72-73H,7-18,21,24-27,32-33,37-39,41-43,45,47-62,64-65,67-71H2,1-6H3,(H-,76,78,80,81)/b22-19-,23-20-,30-28-,31-29-,36-34-,40-35-,46-44-,66-63+. The van der Waals surface area contributed by atoms with Gasteiger partial charge in [0.1, 0.15) is 19.3 Å². The molecule has 0 aromatic rings. The van der Waals surface area contributed by atoms with Gasteiger partial charge in [0.2, 0.25) is 5.91 Å². The summed E-state index contributed by atoms with van der Waals surface area (Å²) in [5.41, 5.74) is 0. The Morgan fingerprint density at radius 2 is 0.718 bits per heavy atom. The summed E-state index contributed by atoms with van der Waals surface area (Å²) in [6.07, 6.45) is 86.6. The molecule has 0 spiro atoms. The van der Waals surface area contributed by atoms with Crippen LogP contribution in [0.15, 0.2) is 97.2 Å². The molecule has 0 aromatic carbocycles. The maximum atomic E-state index is 13.6. The summed E-state index contributed by atoms with van der Waals surface area (Å²) in [7, 11) is 1.17. The number of hydrogen-bond acceptors (Lipinski definition) is 7. The van der Waals surface area contributed by atoms with Gasteiger partial charge in [-0.2, -0.15) is 0 Å². The summed E-state index contributed by atoms with van der Waals surface area (Å²) in [5.74, 6) is -0.560. The lowest BCUT2D eigenvalue weighted by molar-refractivity contribution is -0.870. The number of allylic oxidation sites excluding steroid dienone is 15. The highest BCUT2D eigenvalue weighted by Crippen LogP contribution is 2.38. The van der Waals surface area contributed by atoms with E-state index in [0.717, 1.165) is 103 Å². The summed E-state index contributed by atoms with van der Waals surface area (Å²) in [6, 6.07) is -0.905. The van der Waals surface area contributed by atoms with Crippen molar-refractivity contribution in [3.05, 3.63) is 97.2 Å². The van der Waals surface area contributed by atoms with Crippen LogP contribution in [-0.4, -0.2) is 69.4 Å². The Morgan fingerprint density at radius 1 is 0.412 bits per heavy atom. The molecule has 1 N–H and O–H groups in total. The molecule has 10 heteroatoms. The van der Waals surface area contributed by atoms with E-state index in [1.165, 1.54) is 173 Å². The van der Waals surface area contributed by atoms with E-state index in [0.29, 0.717) is 23.9 Å². The van der Waals surface area contributed by atoms with Gasteiger partial charge in [-0.1, -0.05) is 285 Å². The molecule has 0 saturated carbocycles. The average molecular weight is 1210 g/mol. The van der Waals surface area contributed by atoms with Crippen LogP contribution in [0.2, 0.25) is 0 Å². The Hall–Kier alpha value is -3.07. The number of ether oxygens (including phenoxy) is 1. The maximum absolute atomic E-state index is 13.6. The first-order valence-corrected chi connectivity index (χ1v) is 37.0. The number of hydrogen-bond donors (Lipinski definition) is 1. The second-order valence-electron chi connectivity index (χ2n) is 25.0. The zero-order valence-corrected chi connectivity index (χ0v) is 57.2. The lowest BCUT2D eigenvalue weighted by atomic mass is 10.0. The molecule has 0 radical (unpaired) electrons. The smallest absolute Gasteiger partial charge is 0.306 e. The normalized spacial score (nSPS) is 14.1. The largest absolute Gasteiger partial charge is 0.756 e. The number of amides is 1. The van der Waals surface area contributed by atoms with E-state index in [-0.39, 0.29) is 24.9 Å². The molecule has 0 heterocycles. The Kier molecular flexibility index (Phi) is 61.6. The molecule has 0 fully saturated rings. The fourth-order valence-electron chi connectivity index (χ4n) is 9.98. The molecule has 3 unspecified atom stereocenters. The van der Waals surface area contributed by atoms with Crippen LogP contribution in [0.3, 0.4) is 0 Å². The lowest BCUT2D eigenvalue weighted by Crippen LogP contribution is -2.47. The average Bonchev–Trinajstić information content (AvgIpc) is 3.50. The van der Waals surface area contributed by atoms with Crippen LogP contribution in [0.25, 0.3) is 0 Å². The Balaban J connectivity index is 5.16. The Labute approximate surface area is 526 Å². The molecule has 0 aliphatic rings. The Morgan fingerprint density at radius 3 is 1.09 bits per heavy atom. The number of rotatable bonds is 64. The third-order valence-electron chi connectivity index (χ3n) is 15.5. The van der Waals surface area contributed by atoms with Crippen molar-refractivity contribution in [2.24, 2.45) is 0 Å². The third kappa shape index (κ3) is 65.2. The van der Waals surface area contributed by atoms with Crippen molar-refractivity contribution in [3.63, 3.8) is 0 Å². The van der Waals surface area contributed by atoms with Crippen molar-refractivity contribution in [2.75, 3.05) is 40.9 Å². The summed E-state index contributed by atoms with van der Waals surface area (Å²) in [6.45, 7) is 6.79. The van der Waals surface area contributed by atoms with E-state index in [4.69, 9.17) is 13.8 Å². The molecule has 3 atom stereocenters. The topological polar surface area (TPSA) is 114 Å². The highest BCUT2D eigenvalue weighted by molar-refractivity contribution is 7.45. The number of likely N-dealkylation sites (N-methyl/N-ethyl adjacent to an activating group) is 1. The molecule has 0 aromatic heterocycles. The number of phosphoric acid groups is 1. The molecule has 0 saturated heterocycles. The van der Waals surface area contributed by atoms with Gasteiger partial charge in [-0.05, 0) is 115 Å². The molecule has 9 nitrogen and oxygen atoms in total. The number of carbonyl (C=O) groups is 2. The van der Waals surface area contributed by atoms with Crippen LogP contribution < -0.4 is 10.2 Å². The van der Waals surface area contributed by atoms with E-state index in [9.17, 15) is 19.0 Å². The van der Waals surface area contributed by atoms with Crippen LogP contribution in [0.1, 0.15) is 316 Å². The highest BCUT2D eigenvalue weighted by atomic mass is 31.2. The quantitative estimate of drug-likeness (QED) is 0.0212. The zero-order chi connectivity index (χ0) is 62.1. The zero-order valence-electron chi connectivity index (χ0n) is 56.3. The molecular formula is C75H135N2O7P. The van der Waals surface area contributed by atoms with Gasteiger partial charge in [0.05, 0.1) is 33.8 Å². The van der Waals surface area contributed by atoms with E-state index in [2.05, 4.69) is 111 Å². The molecule has 0 bridgehead atoms. The molecule has 0 rings (SSSR count). The molecule has 0 aliphatic heterocycles. The molecule has 492 valence electrons. The molecule has 85 heavy (non-hydrogen) atoms. The number of nitrogens with zero attached hydrogens (tertiary/aromatic N) is 1. The number of unbranched alkanes of at least 4 members (excludes halogenated alkanes) is 34. The number of nitrogens with one attached hydrogen (secondary N) is 1. The number of esters is 1. The van der Waals surface area contributed by atoms with Gasteiger partial charge in [0.15, 0.2) is 0 Å². The van der Waals surface area contributed by atoms with Crippen LogP contribution in [0.4, 0.5) is 0 Å². The SMILES string of the molecule is CCCCC/C=C\C/C=C\C/C=C\C/C=C\CCCCCCCC(=O)NC(COP(=O)([O-])OCC[N+](C)(C)C)C(/C=C/CCCCCCCCCCCCC)OC(=O)CCCCCCCCCCCCCC/C=C\C/C=C\C/C=C\CCCCC. The van der Waals surface area contributed by atoms with Gasteiger partial charge in [-0.25, -0.2) is 0 Å². The van der Waals surface area contributed by atoms with Crippen LogP contribution >= 0.6 is 7.82 Å². The van der Waals surface area contributed by atoms with Crippen LogP contribution in [0, 0.1) is 0 Å². The number of carbonyl (C=O) groups excluding carboxylic acids is 2. The fraction of sp³-hybridized carbons (Fsp3) is 0.760. The number of phosphoric ester groups is 1. The number of quaternary nitrogens is 1. The van der Waals surface area contributed by atoms with Gasteiger partial charge in [-0.3, -0.25) is 14.2 Å². The van der Waals surface area contributed by atoms with Crippen molar-refractivity contribution in [1.29, 1.82) is 0 Å². The monoisotopic (exact) mass is 1210 g/mol. The van der Waals surface area contributed by atoms with Crippen molar-refractivity contribution in [1.82, 2.24) is 5.32 Å². The van der Waals surface area contributed by atoms with Gasteiger partial charge in [0.25, 0.3) is 7.82 Å². The lowest BCUT2D eigenvalue weighted by Gasteiger charge is -2.30. The summed E-state index contributed by atoms with van der Waals surface area (Å²) < 4.78 is 30.4. The Bertz CT molecular complexity index is 1780. The minimum absolute atomic E-state index is 0.0301. The van der Waals surface area contributed by atoms with E-state index in [1.54, 1.807) is 0 Å². The minimum Gasteiger partial charge on any atom is -0.756 e. The van der Waals surface area contributed by atoms with Crippen molar-refractivity contribution < 1.29 is 37.3 Å². The first-order chi connectivity index (χ1) is 41.4. The van der Waals surface area contributed by atoms with Crippen molar-refractivity contribution >= 4 is 19.7 Å². The molecular weight excluding hydrogens is 1070 g/mol. The van der Waals surface area contributed by atoms with Gasteiger partial charge < -0.3 is 28.5 Å². The van der Waals surface area contributed by atoms with Crippen molar-refractivity contribution in [2.45, 2.75) is 328 Å². The van der Waals surface area contributed by atoms with Gasteiger partial charge in [-0.15, -0.1) is 0 Å². The highest BCUT2D eigenvalue weighted by Gasteiger charge is 2.27. The second kappa shape index (κ2) is 63.9. The molecule has 1 amide bonds. The second-order valence-corrected chi connectivity index (χ2v) is 26.4. The minimum atomic E-state index is -4.72.